The lowest BCUT2D eigenvalue weighted by atomic mass is 9.79. The van der Waals surface area contributed by atoms with Crippen LogP contribution in [0.15, 0.2) is 54.6 Å². The maximum absolute atomic E-state index is 3.65. The van der Waals surface area contributed by atoms with Crippen LogP contribution in [0.25, 0.3) is 0 Å². The number of benzene rings is 2. The third-order valence-electron chi connectivity index (χ3n) is 4.37. The number of para-hydroxylation sites is 2. The Morgan fingerprint density at radius 3 is 2.45 bits per heavy atom. The average Bonchev–Trinajstić information content (AvgIpc) is 2.49. The quantitative estimate of drug-likeness (QED) is 0.843. The molecule has 0 spiro atoms. The Kier molecular flexibility index (Phi) is 3.64. The van der Waals surface area contributed by atoms with Gasteiger partial charge in [-0.3, -0.25) is 0 Å². The van der Waals surface area contributed by atoms with Crippen molar-refractivity contribution in [2.24, 2.45) is 5.92 Å². The van der Waals surface area contributed by atoms with E-state index < -0.39 is 0 Å². The first-order chi connectivity index (χ1) is 9.79. The van der Waals surface area contributed by atoms with Crippen molar-refractivity contribution in [2.75, 3.05) is 10.6 Å². The summed E-state index contributed by atoms with van der Waals surface area (Å²) < 4.78 is 0. The van der Waals surface area contributed by atoms with E-state index in [0.29, 0.717) is 11.8 Å². The van der Waals surface area contributed by atoms with Crippen LogP contribution >= 0.6 is 0 Å². The van der Waals surface area contributed by atoms with Gasteiger partial charge in [-0.15, -0.1) is 0 Å². The second-order valence-corrected chi connectivity index (χ2v) is 5.59. The highest BCUT2D eigenvalue weighted by Crippen LogP contribution is 2.40. The highest BCUT2D eigenvalue weighted by Gasteiger charge is 2.32. The van der Waals surface area contributed by atoms with Crippen LogP contribution in [0.2, 0.25) is 0 Å². The largest absolute Gasteiger partial charge is 0.365 e. The third kappa shape index (κ3) is 2.38. The number of rotatable bonds is 3. The molecular formula is C18H22N2. The first kappa shape index (κ1) is 13.0. The molecule has 2 aromatic rings. The van der Waals surface area contributed by atoms with Crippen molar-refractivity contribution in [2.45, 2.75) is 32.4 Å². The molecule has 1 aliphatic heterocycles. The predicted octanol–water partition coefficient (Wildman–Crippen LogP) is 4.68. The molecule has 0 bridgehead atoms. The summed E-state index contributed by atoms with van der Waals surface area (Å²) in [4.78, 5) is 0. The van der Waals surface area contributed by atoms with Gasteiger partial charge in [0.05, 0.1) is 6.17 Å². The van der Waals surface area contributed by atoms with Gasteiger partial charge in [0, 0.05) is 17.3 Å². The molecule has 104 valence electrons. The maximum atomic E-state index is 3.65. The molecule has 2 nitrogen and oxygen atoms in total. The van der Waals surface area contributed by atoms with Crippen molar-refractivity contribution in [1.82, 2.24) is 0 Å². The smallest absolute Gasteiger partial charge is 0.0996 e. The van der Waals surface area contributed by atoms with Crippen LogP contribution in [0, 0.1) is 5.92 Å². The van der Waals surface area contributed by atoms with Crippen molar-refractivity contribution in [1.29, 1.82) is 0 Å². The molecule has 0 aromatic heterocycles. The van der Waals surface area contributed by atoms with E-state index in [0.717, 1.165) is 0 Å². The normalized spacial score (nSPS) is 24.6. The SMILES string of the molecule is CCC1c2ccccc2NC(Nc2ccccc2)C1C. The number of hydrogen-bond acceptors (Lipinski definition) is 2. The van der Waals surface area contributed by atoms with Gasteiger partial charge in [0.1, 0.15) is 0 Å². The summed E-state index contributed by atoms with van der Waals surface area (Å²) in [5.74, 6) is 1.16. The van der Waals surface area contributed by atoms with Crippen molar-refractivity contribution in [3.05, 3.63) is 60.2 Å². The molecule has 2 aromatic carbocycles. The monoisotopic (exact) mass is 266 g/mol. The van der Waals surface area contributed by atoms with E-state index in [1.54, 1.807) is 0 Å². The molecule has 0 amide bonds. The summed E-state index contributed by atoms with van der Waals surface area (Å²) >= 11 is 0. The first-order valence-corrected chi connectivity index (χ1v) is 7.46. The molecule has 2 heteroatoms. The summed E-state index contributed by atoms with van der Waals surface area (Å²) in [5, 5.41) is 7.27. The van der Waals surface area contributed by atoms with E-state index in [2.05, 4.69) is 73.0 Å². The number of hydrogen-bond donors (Lipinski definition) is 2. The zero-order valence-electron chi connectivity index (χ0n) is 12.1. The van der Waals surface area contributed by atoms with Gasteiger partial charge in [-0.25, -0.2) is 0 Å². The summed E-state index contributed by atoms with van der Waals surface area (Å²) in [7, 11) is 0. The minimum Gasteiger partial charge on any atom is -0.365 e. The predicted molar refractivity (Wildman–Crippen MR) is 86.1 cm³/mol. The van der Waals surface area contributed by atoms with Gasteiger partial charge in [-0.2, -0.15) is 0 Å². The summed E-state index contributed by atoms with van der Waals surface area (Å²) in [6.07, 6.45) is 1.45. The van der Waals surface area contributed by atoms with Gasteiger partial charge in [0.2, 0.25) is 0 Å². The Labute approximate surface area is 121 Å². The van der Waals surface area contributed by atoms with Gasteiger partial charge in [-0.1, -0.05) is 50.2 Å². The molecule has 3 unspecified atom stereocenters. The lowest BCUT2D eigenvalue weighted by molar-refractivity contribution is 0.396. The van der Waals surface area contributed by atoms with Crippen molar-refractivity contribution in [3.63, 3.8) is 0 Å². The van der Waals surface area contributed by atoms with E-state index >= 15 is 0 Å². The standard InChI is InChI=1S/C18H22N2/c1-3-15-13(2)18(19-14-9-5-4-6-10-14)20-17-12-8-7-11-16(15)17/h4-13,15,18-20H,3H2,1-2H3. The highest BCUT2D eigenvalue weighted by molar-refractivity contribution is 5.58. The zero-order chi connectivity index (χ0) is 13.9. The van der Waals surface area contributed by atoms with E-state index in [-0.39, 0.29) is 6.17 Å². The Bertz CT molecular complexity index is 565. The molecule has 0 saturated heterocycles. The molecule has 1 heterocycles. The van der Waals surface area contributed by atoms with Gasteiger partial charge in [0.25, 0.3) is 0 Å². The fraction of sp³-hybridized carbons (Fsp3) is 0.333. The van der Waals surface area contributed by atoms with Gasteiger partial charge in [-0.05, 0) is 36.1 Å². The second kappa shape index (κ2) is 5.58. The van der Waals surface area contributed by atoms with Crippen LogP contribution in [0.5, 0.6) is 0 Å². The Balaban J connectivity index is 1.87. The van der Waals surface area contributed by atoms with Crippen LogP contribution in [-0.2, 0) is 0 Å². The molecule has 0 fully saturated rings. The molecule has 2 N–H and O–H groups in total. The van der Waals surface area contributed by atoms with Gasteiger partial charge >= 0.3 is 0 Å². The zero-order valence-corrected chi connectivity index (χ0v) is 12.1. The van der Waals surface area contributed by atoms with Crippen molar-refractivity contribution in [3.8, 4) is 0 Å². The minimum absolute atomic E-state index is 0.275. The molecule has 0 aliphatic carbocycles. The van der Waals surface area contributed by atoms with Crippen molar-refractivity contribution >= 4 is 11.4 Å². The van der Waals surface area contributed by atoms with Crippen molar-refractivity contribution < 1.29 is 0 Å². The van der Waals surface area contributed by atoms with Crippen LogP contribution in [0.1, 0.15) is 31.7 Å². The number of fused-ring (bicyclic) bond motifs is 1. The Hall–Kier alpha value is -1.96. The van der Waals surface area contributed by atoms with Crippen LogP contribution in [-0.4, -0.2) is 6.17 Å². The highest BCUT2D eigenvalue weighted by atomic mass is 15.1. The topological polar surface area (TPSA) is 24.1 Å². The van der Waals surface area contributed by atoms with E-state index in [9.17, 15) is 0 Å². The van der Waals surface area contributed by atoms with Gasteiger partial charge < -0.3 is 10.6 Å². The molecule has 3 atom stereocenters. The number of anilines is 2. The summed E-state index contributed by atoms with van der Waals surface area (Å²) in [5.41, 5.74) is 3.89. The number of nitrogens with one attached hydrogen (secondary N) is 2. The third-order valence-corrected chi connectivity index (χ3v) is 4.37. The van der Waals surface area contributed by atoms with Gasteiger partial charge in [0.15, 0.2) is 0 Å². The second-order valence-electron chi connectivity index (χ2n) is 5.59. The fourth-order valence-corrected chi connectivity index (χ4v) is 3.24. The maximum Gasteiger partial charge on any atom is 0.0996 e. The van der Waals surface area contributed by atoms with Crippen LogP contribution < -0.4 is 10.6 Å². The van der Waals surface area contributed by atoms with E-state index in [4.69, 9.17) is 0 Å². The first-order valence-electron chi connectivity index (χ1n) is 7.46. The fourth-order valence-electron chi connectivity index (χ4n) is 3.24. The molecule has 1 aliphatic rings. The minimum atomic E-state index is 0.275. The van der Waals surface area contributed by atoms with Crippen LogP contribution in [0.4, 0.5) is 11.4 Å². The molecule has 0 radical (unpaired) electrons. The average molecular weight is 266 g/mol. The summed E-state index contributed by atoms with van der Waals surface area (Å²) in [6.45, 7) is 4.61. The van der Waals surface area contributed by atoms with E-state index in [1.807, 2.05) is 6.07 Å². The molecule has 0 saturated carbocycles. The molecule has 20 heavy (non-hydrogen) atoms. The molecule has 3 rings (SSSR count). The lowest BCUT2D eigenvalue weighted by Gasteiger charge is -2.39. The van der Waals surface area contributed by atoms with Crippen LogP contribution in [0.3, 0.4) is 0 Å². The van der Waals surface area contributed by atoms with E-state index in [1.165, 1.54) is 23.4 Å². The Morgan fingerprint density at radius 2 is 1.70 bits per heavy atom. The molecular weight excluding hydrogens is 244 g/mol. The summed E-state index contributed by atoms with van der Waals surface area (Å²) in [6, 6.07) is 19.1. The Morgan fingerprint density at radius 1 is 1.00 bits per heavy atom. The lowest BCUT2D eigenvalue weighted by Crippen LogP contribution is -2.41.